The van der Waals surface area contributed by atoms with Crippen molar-refractivity contribution in [3.8, 4) is 0 Å². The van der Waals surface area contributed by atoms with Gasteiger partial charge >= 0.3 is 0 Å². The second-order valence-corrected chi connectivity index (χ2v) is 4.88. The third-order valence-corrected chi connectivity index (χ3v) is 3.35. The molecule has 88 valence electrons. The zero-order valence-corrected chi connectivity index (χ0v) is 10.4. The minimum atomic E-state index is 0.634. The summed E-state index contributed by atoms with van der Waals surface area (Å²) in [7, 11) is 1.99. The Kier molecular flexibility index (Phi) is 3.44. The van der Waals surface area contributed by atoms with Gasteiger partial charge in [0.2, 0.25) is 0 Å². The Balaban J connectivity index is 2.25. The van der Waals surface area contributed by atoms with Crippen LogP contribution in [0.1, 0.15) is 25.8 Å². The first-order valence-electron chi connectivity index (χ1n) is 6.06. The van der Waals surface area contributed by atoms with Crippen LogP contribution in [0.25, 0.3) is 0 Å². The molecule has 1 aromatic rings. The van der Waals surface area contributed by atoms with E-state index in [9.17, 15) is 0 Å². The molecule has 1 saturated heterocycles. The van der Waals surface area contributed by atoms with E-state index in [1.807, 2.05) is 19.4 Å². The van der Waals surface area contributed by atoms with Gasteiger partial charge in [0.1, 0.15) is 0 Å². The van der Waals surface area contributed by atoms with Gasteiger partial charge in [0.25, 0.3) is 0 Å². The molecule has 3 nitrogen and oxygen atoms in total. The Morgan fingerprint density at radius 2 is 2.31 bits per heavy atom. The molecule has 2 atom stereocenters. The molecule has 0 aromatic carbocycles. The van der Waals surface area contributed by atoms with Gasteiger partial charge < -0.3 is 10.2 Å². The first-order valence-corrected chi connectivity index (χ1v) is 6.06. The summed E-state index contributed by atoms with van der Waals surface area (Å²) < 4.78 is 0. The van der Waals surface area contributed by atoms with Gasteiger partial charge in [0.15, 0.2) is 0 Å². The predicted octanol–water partition coefficient (Wildman–Crippen LogP) is 2.04. The van der Waals surface area contributed by atoms with Crippen LogP contribution in [0.3, 0.4) is 0 Å². The van der Waals surface area contributed by atoms with Crippen LogP contribution in [0.15, 0.2) is 18.5 Å². The lowest BCUT2D eigenvalue weighted by Gasteiger charge is -2.26. The summed E-state index contributed by atoms with van der Waals surface area (Å²) in [4.78, 5) is 6.75. The first-order chi connectivity index (χ1) is 7.72. The molecule has 2 unspecified atom stereocenters. The molecule has 0 spiro atoms. The lowest BCUT2D eigenvalue weighted by atomic mass is 10.1. The molecule has 1 fully saturated rings. The standard InChI is InChI=1S/C13H21N3/c1-10-6-11(2)16(9-10)13-8-15-5-4-12(13)7-14-3/h4-5,8,10-11,14H,6-7,9H2,1-3H3. The van der Waals surface area contributed by atoms with E-state index in [-0.39, 0.29) is 0 Å². The number of anilines is 1. The molecule has 0 aliphatic carbocycles. The number of nitrogens with zero attached hydrogens (tertiary/aromatic N) is 2. The zero-order valence-electron chi connectivity index (χ0n) is 10.4. The maximum absolute atomic E-state index is 4.26. The second-order valence-electron chi connectivity index (χ2n) is 4.88. The van der Waals surface area contributed by atoms with Crippen molar-refractivity contribution >= 4 is 5.69 Å². The van der Waals surface area contributed by atoms with E-state index < -0.39 is 0 Å². The third kappa shape index (κ3) is 2.19. The van der Waals surface area contributed by atoms with Gasteiger partial charge in [-0.15, -0.1) is 0 Å². The predicted molar refractivity (Wildman–Crippen MR) is 67.6 cm³/mol. The van der Waals surface area contributed by atoms with Crippen molar-refractivity contribution in [2.24, 2.45) is 5.92 Å². The summed E-state index contributed by atoms with van der Waals surface area (Å²) in [5.74, 6) is 0.789. The summed E-state index contributed by atoms with van der Waals surface area (Å²) in [5, 5.41) is 3.22. The Morgan fingerprint density at radius 3 is 2.94 bits per heavy atom. The van der Waals surface area contributed by atoms with Crippen LogP contribution >= 0.6 is 0 Å². The van der Waals surface area contributed by atoms with Crippen molar-refractivity contribution in [2.45, 2.75) is 32.9 Å². The van der Waals surface area contributed by atoms with E-state index in [2.05, 4.69) is 35.1 Å². The van der Waals surface area contributed by atoms with E-state index in [0.717, 1.165) is 19.0 Å². The van der Waals surface area contributed by atoms with E-state index in [1.54, 1.807) is 0 Å². The van der Waals surface area contributed by atoms with E-state index in [1.165, 1.54) is 17.7 Å². The Bertz CT molecular complexity index is 351. The smallest absolute Gasteiger partial charge is 0.0600 e. The normalized spacial score (nSPS) is 25.1. The van der Waals surface area contributed by atoms with Crippen LogP contribution in [0.5, 0.6) is 0 Å². The van der Waals surface area contributed by atoms with Crippen molar-refractivity contribution in [3.05, 3.63) is 24.0 Å². The highest BCUT2D eigenvalue weighted by Crippen LogP contribution is 2.30. The van der Waals surface area contributed by atoms with Gasteiger partial charge in [-0.25, -0.2) is 0 Å². The van der Waals surface area contributed by atoms with Crippen LogP contribution in [0.4, 0.5) is 5.69 Å². The highest BCUT2D eigenvalue weighted by molar-refractivity contribution is 5.53. The number of nitrogens with one attached hydrogen (secondary N) is 1. The number of hydrogen-bond donors (Lipinski definition) is 1. The molecule has 3 heteroatoms. The van der Waals surface area contributed by atoms with E-state index in [4.69, 9.17) is 0 Å². The molecule has 2 heterocycles. The molecule has 0 bridgehead atoms. The molecule has 0 saturated carbocycles. The SMILES string of the molecule is CNCc1ccncc1N1CC(C)CC1C. The van der Waals surface area contributed by atoms with Crippen molar-refractivity contribution in [1.82, 2.24) is 10.3 Å². The minimum absolute atomic E-state index is 0.634. The van der Waals surface area contributed by atoms with Crippen molar-refractivity contribution in [1.29, 1.82) is 0 Å². The maximum atomic E-state index is 4.26. The van der Waals surface area contributed by atoms with Crippen molar-refractivity contribution < 1.29 is 0 Å². The summed E-state index contributed by atoms with van der Waals surface area (Å²) >= 11 is 0. The summed E-state index contributed by atoms with van der Waals surface area (Å²) in [5.41, 5.74) is 2.65. The lowest BCUT2D eigenvalue weighted by Crippen LogP contribution is -2.28. The zero-order chi connectivity index (χ0) is 11.5. The molecule has 0 amide bonds. The van der Waals surface area contributed by atoms with Gasteiger partial charge in [-0.3, -0.25) is 4.98 Å². The van der Waals surface area contributed by atoms with Crippen LogP contribution < -0.4 is 10.2 Å². The number of aromatic nitrogens is 1. The van der Waals surface area contributed by atoms with Crippen LogP contribution in [0.2, 0.25) is 0 Å². The van der Waals surface area contributed by atoms with E-state index in [0.29, 0.717) is 6.04 Å². The Morgan fingerprint density at radius 1 is 1.50 bits per heavy atom. The second kappa shape index (κ2) is 4.83. The molecule has 1 aromatic heterocycles. The minimum Gasteiger partial charge on any atom is -0.367 e. The monoisotopic (exact) mass is 219 g/mol. The highest BCUT2D eigenvalue weighted by atomic mass is 15.2. The fourth-order valence-electron chi connectivity index (χ4n) is 2.65. The van der Waals surface area contributed by atoms with Crippen molar-refractivity contribution in [2.75, 3.05) is 18.5 Å². The summed E-state index contributed by atoms with van der Waals surface area (Å²) in [6.07, 6.45) is 5.16. The lowest BCUT2D eigenvalue weighted by molar-refractivity contribution is 0.625. The average Bonchev–Trinajstić information content (AvgIpc) is 2.59. The van der Waals surface area contributed by atoms with Gasteiger partial charge in [0, 0.05) is 25.3 Å². The number of pyridine rings is 1. The third-order valence-electron chi connectivity index (χ3n) is 3.35. The molecule has 2 rings (SSSR count). The van der Waals surface area contributed by atoms with Gasteiger partial charge in [-0.05, 0) is 37.9 Å². The molecular formula is C13H21N3. The Labute approximate surface area is 97.9 Å². The molecule has 1 aliphatic rings. The summed E-state index contributed by atoms with van der Waals surface area (Å²) in [6, 6.07) is 2.75. The van der Waals surface area contributed by atoms with E-state index >= 15 is 0 Å². The van der Waals surface area contributed by atoms with Crippen molar-refractivity contribution in [3.63, 3.8) is 0 Å². The topological polar surface area (TPSA) is 28.2 Å². The largest absolute Gasteiger partial charge is 0.367 e. The van der Waals surface area contributed by atoms with Gasteiger partial charge in [-0.1, -0.05) is 6.92 Å². The first kappa shape index (κ1) is 11.4. The number of rotatable bonds is 3. The fourth-order valence-corrected chi connectivity index (χ4v) is 2.65. The highest BCUT2D eigenvalue weighted by Gasteiger charge is 2.27. The van der Waals surface area contributed by atoms with Crippen LogP contribution in [0, 0.1) is 5.92 Å². The molecule has 0 radical (unpaired) electrons. The number of hydrogen-bond acceptors (Lipinski definition) is 3. The van der Waals surface area contributed by atoms with Gasteiger partial charge in [-0.2, -0.15) is 0 Å². The molecule has 1 aliphatic heterocycles. The maximum Gasteiger partial charge on any atom is 0.0600 e. The fraction of sp³-hybridized carbons (Fsp3) is 0.615. The average molecular weight is 219 g/mol. The van der Waals surface area contributed by atoms with Crippen LogP contribution in [-0.4, -0.2) is 24.6 Å². The van der Waals surface area contributed by atoms with Crippen LogP contribution in [-0.2, 0) is 6.54 Å². The quantitative estimate of drug-likeness (QED) is 0.843. The molecular weight excluding hydrogens is 198 g/mol. The molecule has 16 heavy (non-hydrogen) atoms. The Hall–Kier alpha value is -1.09. The molecule has 1 N–H and O–H groups in total. The summed E-state index contributed by atoms with van der Waals surface area (Å²) in [6.45, 7) is 6.70. The van der Waals surface area contributed by atoms with Gasteiger partial charge in [0.05, 0.1) is 11.9 Å².